The van der Waals surface area contributed by atoms with E-state index in [0.717, 1.165) is 11.3 Å². The van der Waals surface area contributed by atoms with Gasteiger partial charge in [-0.2, -0.15) is 5.10 Å². The van der Waals surface area contributed by atoms with Crippen molar-refractivity contribution < 1.29 is 14.3 Å². The van der Waals surface area contributed by atoms with Gasteiger partial charge in [-0.1, -0.05) is 43.5 Å². The summed E-state index contributed by atoms with van der Waals surface area (Å²) in [6.07, 6.45) is 8.13. The molecule has 148 valence electrons. The molecule has 6 nitrogen and oxygen atoms in total. The highest BCUT2D eigenvalue weighted by molar-refractivity contribution is 5.84. The molecule has 0 bridgehead atoms. The van der Waals surface area contributed by atoms with Crippen molar-refractivity contribution in [2.45, 2.75) is 38.0 Å². The number of carbonyl (C=O) groups excluding carboxylic acids is 1. The number of nitrogens with zero attached hydrogens (tertiary/aromatic N) is 1. The van der Waals surface area contributed by atoms with Gasteiger partial charge in [-0.15, -0.1) is 0 Å². The Bertz CT molecular complexity index is 784. The van der Waals surface area contributed by atoms with Crippen molar-refractivity contribution in [3.8, 4) is 11.5 Å². The third-order valence-corrected chi connectivity index (χ3v) is 4.86. The zero-order chi connectivity index (χ0) is 19.6. The molecule has 0 atom stereocenters. The van der Waals surface area contributed by atoms with Crippen LogP contribution in [0.2, 0.25) is 0 Å². The lowest BCUT2D eigenvalue weighted by atomic mass is 9.84. The Kier molecular flexibility index (Phi) is 7.29. The van der Waals surface area contributed by atoms with Crippen molar-refractivity contribution in [2.75, 3.05) is 13.2 Å². The maximum atomic E-state index is 10.7. The van der Waals surface area contributed by atoms with Crippen LogP contribution in [0.15, 0.2) is 53.6 Å². The Morgan fingerprint density at radius 1 is 1.04 bits per heavy atom. The average molecular weight is 381 g/mol. The first kappa shape index (κ1) is 19.7. The Morgan fingerprint density at radius 3 is 2.50 bits per heavy atom. The molecule has 1 aliphatic carbocycles. The zero-order valence-electron chi connectivity index (χ0n) is 16.0. The Balaban J connectivity index is 1.45. The molecule has 6 heteroatoms. The second kappa shape index (κ2) is 10.3. The van der Waals surface area contributed by atoms with Crippen molar-refractivity contribution in [1.82, 2.24) is 5.43 Å². The van der Waals surface area contributed by atoms with Crippen LogP contribution in [0.25, 0.3) is 0 Å². The van der Waals surface area contributed by atoms with Crippen molar-refractivity contribution in [3.63, 3.8) is 0 Å². The molecule has 0 aliphatic heterocycles. The predicted molar refractivity (Wildman–Crippen MR) is 110 cm³/mol. The molecular formula is C22H27N3O3. The molecule has 1 aliphatic rings. The number of hydrazone groups is 1. The minimum Gasteiger partial charge on any atom is -0.490 e. The van der Waals surface area contributed by atoms with Gasteiger partial charge in [-0.25, -0.2) is 10.2 Å². The smallest absolute Gasteiger partial charge is 0.332 e. The number of primary amides is 1. The SMILES string of the molecule is NC(=O)N/N=C/c1ccccc1OCCOc1ccc(C2CCCCC2)cc1. The molecule has 1 saturated carbocycles. The highest BCUT2D eigenvalue weighted by atomic mass is 16.5. The third kappa shape index (κ3) is 6.01. The van der Waals surface area contributed by atoms with Crippen LogP contribution in [0.1, 0.15) is 49.1 Å². The fourth-order valence-corrected chi connectivity index (χ4v) is 3.47. The number of rotatable bonds is 8. The maximum Gasteiger partial charge on any atom is 0.332 e. The molecule has 2 aromatic rings. The molecular weight excluding hydrogens is 354 g/mol. The number of para-hydroxylation sites is 1. The summed E-state index contributed by atoms with van der Waals surface area (Å²) in [5, 5.41) is 3.76. The van der Waals surface area contributed by atoms with Crippen LogP contribution < -0.4 is 20.6 Å². The summed E-state index contributed by atoms with van der Waals surface area (Å²) in [5.41, 5.74) is 9.32. The second-order valence-corrected chi connectivity index (χ2v) is 6.87. The minimum atomic E-state index is -0.711. The van der Waals surface area contributed by atoms with E-state index in [0.29, 0.717) is 24.9 Å². The summed E-state index contributed by atoms with van der Waals surface area (Å²) in [4.78, 5) is 10.7. The van der Waals surface area contributed by atoms with E-state index >= 15 is 0 Å². The van der Waals surface area contributed by atoms with Crippen LogP contribution in [-0.2, 0) is 0 Å². The number of hydrogen-bond acceptors (Lipinski definition) is 4. The Morgan fingerprint density at radius 2 is 1.75 bits per heavy atom. The van der Waals surface area contributed by atoms with Gasteiger partial charge in [0.1, 0.15) is 24.7 Å². The van der Waals surface area contributed by atoms with Gasteiger partial charge in [0.05, 0.1) is 6.21 Å². The topological polar surface area (TPSA) is 85.9 Å². The van der Waals surface area contributed by atoms with Gasteiger partial charge in [-0.05, 0) is 48.6 Å². The maximum absolute atomic E-state index is 10.7. The monoisotopic (exact) mass is 381 g/mol. The van der Waals surface area contributed by atoms with Crippen LogP contribution in [0, 0.1) is 0 Å². The largest absolute Gasteiger partial charge is 0.490 e. The van der Waals surface area contributed by atoms with Crippen molar-refractivity contribution >= 4 is 12.2 Å². The lowest BCUT2D eigenvalue weighted by molar-refractivity contribution is 0.217. The molecule has 2 aromatic carbocycles. The summed E-state index contributed by atoms with van der Waals surface area (Å²) < 4.78 is 11.6. The molecule has 2 amide bonds. The van der Waals surface area contributed by atoms with Crippen LogP contribution in [-0.4, -0.2) is 25.5 Å². The first-order valence-electron chi connectivity index (χ1n) is 9.75. The molecule has 1 fully saturated rings. The highest BCUT2D eigenvalue weighted by Gasteiger charge is 2.15. The molecule has 0 saturated heterocycles. The van der Waals surface area contributed by atoms with Crippen LogP contribution >= 0.6 is 0 Å². The van der Waals surface area contributed by atoms with Crippen LogP contribution in [0.5, 0.6) is 11.5 Å². The van der Waals surface area contributed by atoms with E-state index in [1.54, 1.807) is 0 Å². The van der Waals surface area contributed by atoms with E-state index in [1.807, 2.05) is 36.4 Å². The number of amides is 2. The average Bonchev–Trinajstić information content (AvgIpc) is 2.73. The van der Waals surface area contributed by atoms with Gasteiger partial charge in [-0.3, -0.25) is 0 Å². The second-order valence-electron chi connectivity index (χ2n) is 6.87. The van der Waals surface area contributed by atoms with Gasteiger partial charge >= 0.3 is 6.03 Å². The number of benzene rings is 2. The summed E-state index contributed by atoms with van der Waals surface area (Å²) >= 11 is 0. The number of carbonyl (C=O) groups is 1. The molecule has 0 aromatic heterocycles. The molecule has 0 radical (unpaired) electrons. The van der Waals surface area contributed by atoms with Gasteiger partial charge in [0.15, 0.2) is 0 Å². The van der Waals surface area contributed by atoms with Crippen molar-refractivity contribution in [3.05, 3.63) is 59.7 Å². The first-order chi connectivity index (χ1) is 13.7. The molecule has 0 unspecified atom stereocenters. The van der Waals surface area contributed by atoms with E-state index in [9.17, 15) is 4.79 Å². The third-order valence-electron chi connectivity index (χ3n) is 4.86. The summed E-state index contributed by atoms with van der Waals surface area (Å²) in [5.74, 6) is 2.21. The quantitative estimate of drug-likeness (QED) is 0.408. The number of ether oxygens (including phenoxy) is 2. The Labute approximate surface area is 165 Å². The number of urea groups is 1. The lowest BCUT2D eigenvalue weighted by Crippen LogP contribution is -2.24. The van der Waals surface area contributed by atoms with Gasteiger partial charge in [0, 0.05) is 5.56 Å². The molecule has 3 rings (SSSR count). The van der Waals surface area contributed by atoms with E-state index in [-0.39, 0.29) is 0 Å². The normalized spacial score (nSPS) is 14.7. The summed E-state index contributed by atoms with van der Waals surface area (Å²) in [6.45, 7) is 0.840. The standard InChI is InChI=1S/C22H27N3O3/c23-22(26)25-24-16-19-8-4-5-9-21(19)28-15-14-27-20-12-10-18(11-13-20)17-6-2-1-3-7-17/h4-5,8-13,16-17H,1-3,6-7,14-15H2,(H3,23,25,26)/b24-16+. The number of hydrogen-bond donors (Lipinski definition) is 2. The predicted octanol–water partition coefficient (Wildman–Crippen LogP) is 4.19. The van der Waals surface area contributed by atoms with E-state index < -0.39 is 6.03 Å². The number of nitrogens with two attached hydrogens (primary N) is 1. The first-order valence-corrected chi connectivity index (χ1v) is 9.75. The summed E-state index contributed by atoms with van der Waals surface area (Å²) in [6, 6.07) is 15.2. The molecule has 28 heavy (non-hydrogen) atoms. The molecule has 0 heterocycles. The summed E-state index contributed by atoms with van der Waals surface area (Å²) in [7, 11) is 0. The lowest BCUT2D eigenvalue weighted by Gasteiger charge is -2.22. The number of nitrogens with one attached hydrogen (secondary N) is 1. The zero-order valence-corrected chi connectivity index (χ0v) is 16.0. The van der Waals surface area contributed by atoms with Crippen molar-refractivity contribution in [1.29, 1.82) is 0 Å². The van der Waals surface area contributed by atoms with Gasteiger partial charge < -0.3 is 15.2 Å². The van der Waals surface area contributed by atoms with Gasteiger partial charge in [0.2, 0.25) is 0 Å². The van der Waals surface area contributed by atoms with Crippen molar-refractivity contribution in [2.24, 2.45) is 10.8 Å². The van der Waals surface area contributed by atoms with E-state index in [2.05, 4.69) is 22.7 Å². The van der Waals surface area contributed by atoms with E-state index in [1.165, 1.54) is 43.9 Å². The minimum absolute atomic E-state index is 0.401. The van der Waals surface area contributed by atoms with Crippen LogP contribution in [0.3, 0.4) is 0 Å². The fourth-order valence-electron chi connectivity index (χ4n) is 3.47. The van der Waals surface area contributed by atoms with Gasteiger partial charge in [0.25, 0.3) is 0 Å². The van der Waals surface area contributed by atoms with E-state index in [4.69, 9.17) is 15.2 Å². The molecule has 3 N–H and O–H groups in total. The molecule has 0 spiro atoms. The Hall–Kier alpha value is -3.02. The van der Waals surface area contributed by atoms with Crippen LogP contribution in [0.4, 0.5) is 4.79 Å². The fraction of sp³-hybridized carbons (Fsp3) is 0.364. The highest BCUT2D eigenvalue weighted by Crippen LogP contribution is 2.33.